The molecule has 4 heteroatoms. The molecule has 0 spiro atoms. The second-order valence-electron chi connectivity index (χ2n) is 5.43. The van der Waals surface area contributed by atoms with E-state index in [1.54, 1.807) is 0 Å². The molecular formula is C16H23N3O. The summed E-state index contributed by atoms with van der Waals surface area (Å²) in [6, 6.07) is 6.04. The van der Waals surface area contributed by atoms with Gasteiger partial charge in [0, 0.05) is 19.0 Å². The average molecular weight is 273 g/mol. The van der Waals surface area contributed by atoms with E-state index in [9.17, 15) is 0 Å². The summed E-state index contributed by atoms with van der Waals surface area (Å²) in [5.74, 6) is 1.86. The van der Waals surface area contributed by atoms with Crippen LogP contribution < -0.4 is 10.5 Å². The lowest BCUT2D eigenvalue weighted by atomic mass is 10.2. The van der Waals surface area contributed by atoms with Crippen molar-refractivity contribution in [3.63, 3.8) is 0 Å². The monoisotopic (exact) mass is 273 g/mol. The van der Waals surface area contributed by atoms with Crippen molar-refractivity contribution in [3.05, 3.63) is 36.2 Å². The summed E-state index contributed by atoms with van der Waals surface area (Å²) < 4.78 is 7.91. The van der Waals surface area contributed by atoms with Gasteiger partial charge in [0.1, 0.15) is 11.6 Å². The van der Waals surface area contributed by atoms with Crippen LogP contribution in [0.3, 0.4) is 0 Å². The molecule has 1 heterocycles. The van der Waals surface area contributed by atoms with Crippen LogP contribution in [0, 0.1) is 0 Å². The lowest BCUT2D eigenvalue weighted by Gasteiger charge is -2.10. The summed E-state index contributed by atoms with van der Waals surface area (Å²) in [4.78, 5) is 4.69. The first-order valence-corrected chi connectivity index (χ1v) is 7.01. The van der Waals surface area contributed by atoms with Crippen molar-refractivity contribution >= 4 is 11.0 Å². The molecule has 108 valence electrons. The van der Waals surface area contributed by atoms with Gasteiger partial charge in [0.25, 0.3) is 0 Å². The van der Waals surface area contributed by atoms with Crippen LogP contribution in [0.25, 0.3) is 11.0 Å². The van der Waals surface area contributed by atoms with E-state index in [2.05, 4.69) is 22.2 Å². The minimum Gasteiger partial charge on any atom is -0.491 e. The molecule has 2 rings (SSSR count). The van der Waals surface area contributed by atoms with Gasteiger partial charge in [-0.25, -0.2) is 4.98 Å². The molecule has 1 aromatic carbocycles. The Morgan fingerprint density at radius 1 is 1.45 bits per heavy atom. The number of hydrogen-bond donors (Lipinski definition) is 1. The van der Waals surface area contributed by atoms with E-state index in [0.717, 1.165) is 41.1 Å². The van der Waals surface area contributed by atoms with E-state index in [1.807, 2.05) is 32.9 Å². The SMILES string of the molecule is C=C(C)Cn1c(CCN)nc2cc(OC(C)C)ccc21. The first-order chi connectivity index (χ1) is 9.51. The Balaban J connectivity index is 2.46. The zero-order valence-corrected chi connectivity index (χ0v) is 12.5. The second kappa shape index (κ2) is 6.09. The molecule has 0 unspecified atom stereocenters. The van der Waals surface area contributed by atoms with Crippen LogP contribution in [0.1, 0.15) is 26.6 Å². The van der Waals surface area contributed by atoms with Crippen molar-refractivity contribution in [1.29, 1.82) is 0 Å². The third-order valence-electron chi connectivity index (χ3n) is 2.97. The highest BCUT2D eigenvalue weighted by Gasteiger charge is 2.11. The van der Waals surface area contributed by atoms with Crippen molar-refractivity contribution < 1.29 is 4.74 Å². The van der Waals surface area contributed by atoms with Crippen molar-refractivity contribution in [1.82, 2.24) is 9.55 Å². The van der Waals surface area contributed by atoms with Gasteiger partial charge in [-0.15, -0.1) is 0 Å². The van der Waals surface area contributed by atoms with Crippen LogP contribution in [0.15, 0.2) is 30.4 Å². The maximum Gasteiger partial charge on any atom is 0.121 e. The van der Waals surface area contributed by atoms with Crippen molar-refractivity contribution in [2.24, 2.45) is 5.73 Å². The molecule has 0 bridgehead atoms. The predicted molar refractivity (Wildman–Crippen MR) is 83.1 cm³/mol. The summed E-state index contributed by atoms with van der Waals surface area (Å²) in [5, 5.41) is 0. The fourth-order valence-electron chi connectivity index (χ4n) is 2.27. The number of nitrogens with zero attached hydrogens (tertiary/aromatic N) is 2. The molecule has 4 nitrogen and oxygen atoms in total. The minimum atomic E-state index is 0.161. The third kappa shape index (κ3) is 3.20. The van der Waals surface area contributed by atoms with Gasteiger partial charge >= 0.3 is 0 Å². The number of allylic oxidation sites excluding steroid dienone is 1. The van der Waals surface area contributed by atoms with Gasteiger partial charge in [-0.2, -0.15) is 0 Å². The first kappa shape index (κ1) is 14.6. The molecule has 20 heavy (non-hydrogen) atoms. The van der Waals surface area contributed by atoms with E-state index in [4.69, 9.17) is 10.5 Å². The van der Waals surface area contributed by atoms with Crippen LogP contribution >= 0.6 is 0 Å². The van der Waals surface area contributed by atoms with Crippen molar-refractivity contribution in [2.75, 3.05) is 6.54 Å². The number of hydrogen-bond acceptors (Lipinski definition) is 3. The molecule has 0 saturated carbocycles. The zero-order chi connectivity index (χ0) is 14.7. The van der Waals surface area contributed by atoms with Gasteiger partial charge in [-0.1, -0.05) is 12.2 Å². The van der Waals surface area contributed by atoms with Crippen LogP contribution in [0.4, 0.5) is 0 Å². The highest BCUT2D eigenvalue weighted by atomic mass is 16.5. The smallest absolute Gasteiger partial charge is 0.121 e. The number of ether oxygens (including phenoxy) is 1. The molecule has 2 N–H and O–H groups in total. The topological polar surface area (TPSA) is 53.1 Å². The highest BCUT2D eigenvalue weighted by molar-refractivity contribution is 5.78. The summed E-state index contributed by atoms with van der Waals surface area (Å²) in [6.07, 6.45) is 0.927. The molecule has 0 radical (unpaired) electrons. The van der Waals surface area contributed by atoms with Crippen molar-refractivity contribution in [3.8, 4) is 5.75 Å². The van der Waals surface area contributed by atoms with Crippen LogP contribution in [0.5, 0.6) is 5.75 Å². The van der Waals surface area contributed by atoms with Gasteiger partial charge in [0.05, 0.1) is 17.1 Å². The van der Waals surface area contributed by atoms with Gasteiger partial charge in [0.15, 0.2) is 0 Å². The Labute approximate surface area is 120 Å². The molecule has 1 aromatic heterocycles. The average Bonchev–Trinajstić information content (AvgIpc) is 2.66. The fraction of sp³-hybridized carbons (Fsp3) is 0.438. The molecule has 0 aliphatic rings. The normalized spacial score (nSPS) is 11.2. The number of imidazole rings is 1. The third-order valence-corrected chi connectivity index (χ3v) is 2.97. The van der Waals surface area contributed by atoms with Crippen LogP contribution in [0.2, 0.25) is 0 Å². The van der Waals surface area contributed by atoms with Crippen LogP contribution in [-0.2, 0) is 13.0 Å². The van der Waals surface area contributed by atoms with E-state index >= 15 is 0 Å². The van der Waals surface area contributed by atoms with E-state index in [1.165, 1.54) is 0 Å². The first-order valence-electron chi connectivity index (χ1n) is 7.01. The fourth-order valence-corrected chi connectivity index (χ4v) is 2.27. The van der Waals surface area contributed by atoms with E-state index < -0.39 is 0 Å². The molecule has 0 fully saturated rings. The minimum absolute atomic E-state index is 0.161. The molecule has 0 atom stereocenters. The lowest BCUT2D eigenvalue weighted by molar-refractivity contribution is 0.242. The predicted octanol–water partition coefficient (Wildman–Crippen LogP) is 2.90. The largest absolute Gasteiger partial charge is 0.491 e. The summed E-state index contributed by atoms with van der Waals surface area (Å²) >= 11 is 0. The molecular weight excluding hydrogens is 250 g/mol. The van der Waals surface area contributed by atoms with Gasteiger partial charge < -0.3 is 15.0 Å². The summed E-state index contributed by atoms with van der Waals surface area (Å²) in [7, 11) is 0. The molecule has 0 aliphatic carbocycles. The van der Waals surface area contributed by atoms with Gasteiger partial charge in [-0.05, 0) is 39.4 Å². The van der Waals surface area contributed by atoms with E-state index in [-0.39, 0.29) is 6.10 Å². The number of aromatic nitrogens is 2. The van der Waals surface area contributed by atoms with E-state index in [0.29, 0.717) is 6.54 Å². The lowest BCUT2D eigenvalue weighted by Crippen LogP contribution is -2.10. The van der Waals surface area contributed by atoms with Crippen LogP contribution in [-0.4, -0.2) is 22.2 Å². The second-order valence-corrected chi connectivity index (χ2v) is 5.43. The van der Waals surface area contributed by atoms with Gasteiger partial charge in [-0.3, -0.25) is 0 Å². The molecule has 0 amide bonds. The Hall–Kier alpha value is -1.81. The molecule has 0 saturated heterocycles. The Bertz CT molecular complexity index is 613. The quantitative estimate of drug-likeness (QED) is 0.823. The highest BCUT2D eigenvalue weighted by Crippen LogP contribution is 2.23. The standard InChI is InChI=1S/C16H23N3O/c1-11(2)10-19-15-6-5-13(20-12(3)4)9-14(15)18-16(19)7-8-17/h5-6,9,12H,1,7-8,10,17H2,2-4H3. The summed E-state index contributed by atoms with van der Waals surface area (Å²) in [5.41, 5.74) is 8.84. The maximum absolute atomic E-state index is 5.72. The Morgan fingerprint density at radius 3 is 2.80 bits per heavy atom. The Morgan fingerprint density at radius 2 is 2.20 bits per heavy atom. The molecule has 0 aliphatic heterocycles. The zero-order valence-electron chi connectivity index (χ0n) is 12.5. The number of nitrogens with two attached hydrogens (primary N) is 1. The number of rotatable bonds is 6. The maximum atomic E-state index is 5.72. The summed E-state index contributed by atoms with van der Waals surface area (Å²) in [6.45, 7) is 11.4. The van der Waals surface area contributed by atoms with Crippen molar-refractivity contribution in [2.45, 2.75) is 39.8 Å². The molecule has 2 aromatic rings. The Kier molecular flexibility index (Phi) is 4.45. The van der Waals surface area contributed by atoms with Gasteiger partial charge in [0.2, 0.25) is 0 Å². The number of benzene rings is 1. The number of fused-ring (bicyclic) bond motifs is 1.